The van der Waals surface area contributed by atoms with Crippen molar-refractivity contribution in [3.05, 3.63) is 34.9 Å². The average Bonchev–Trinajstić information content (AvgIpc) is 2.26. The number of esters is 1. The molecule has 0 spiro atoms. The van der Waals surface area contributed by atoms with E-state index in [2.05, 4.69) is 17.9 Å². The van der Waals surface area contributed by atoms with Gasteiger partial charge in [0.1, 0.15) is 0 Å². The Labute approximate surface area is 96.6 Å². The molecule has 0 N–H and O–H groups in total. The van der Waals surface area contributed by atoms with E-state index in [4.69, 9.17) is 4.74 Å². The lowest BCUT2D eigenvalue weighted by atomic mass is 10.1. The first-order valence-electron chi connectivity index (χ1n) is 5.35. The van der Waals surface area contributed by atoms with Crippen molar-refractivity contribution in [3.63, 3.8) is 0 Å². The zero-order chi connectivity index (χ0) is 12.0. The summed E-state index contributed by atoms with van der Waals surface area (Å²) in [5.41, 5.74) is 3.35. The van der Waals surface area contributed by atoms with E-state index in [-0.39, 0.29) is 12.6 Å². The van der Waals surface area contributed by atoms with Gasteiger partial charge < -0.3 is 4.74 Å². The Morgan fingerprint density at radius 3 is 2.75 bits per heavy atom. The van der Waals surface area contributed by atoms with Crippen molar-refractivity contribution in [3.8, 4) is 11.8 Å². The van der Waals surface area contributed by atoms with Gasteiger partial charge in [0, 0.05) is 12.0 Å². The van der Waals surface area contributed by atoms with Crippen LogP contribution < -0.4 is 0 Å². The van der Waals surface area contributed by atoms with Crippen LogP contribution >= 0.6 is 0 Å². The molecular formula is C14H16O2. The van der Waals surface area contributed by atoms with E-state index >= 15 is 0 Å². The van der Waals surface area contributed by atoms with E-state index in [0.717, 1.165) is 11.1 Å². The Hall–Kier alpha value is -1.75. The summed E-state index contributed by atoms with van der Waals surface area (Å²) in [6.07, 6.45) is 0.394. The zero-order valence-electron chi connectivity index (χ0n) is 9.96. The van der Waals surface area contributed by atoms with Crippen LogP contribution in [-0.4, -0.2) is 12.6 Å². The molecule has 0 fully saturated rings. The topological polar surface area (TPSA) is 26.3 Å². The monoisotopic (exact) mass is 216 g/mol. The third-order valence-corrected chi connectivity index (χ3v) is 2.20. The molecule has 1 aromatic rings. The summed E-state index contributed by atoms with van der Waals surface area (Å²) in [6.45, 7) is 6.00. The molecule has 0 atom stereocenters. The van der Waals surface area contributed by atoms with Gasteiger partial charge in [0.2, 0.25) is 0 Å². The first kappa shape index (κ1) is 12.3. The van der Waals surface area contributed by atoms with Crippen LogP contribution in [-0.2, 0) is 9.53 Å². The largest absolute Gasteiger partial charge is 0.452 e. The summed E-state index contributed by atoms with van der Waals surface area (Å²) in [4.78, 5) is 10.8. The van der Waals surface area contributed by atoms with Crippen LogP contribution in [0.3, 0.4) is 0 Å². The van der Waals surface area contributed by atoms with Crippen LogP contribution in [0, 0.1) is 25.7 Å². The quantitative estimate of drug-likeness (QED) is 0.561. The van der Waals surface area contributed by atoms with Gasteiger partial charge in [0.15, 0.2) is 6.61 Å². The Morgan fingerprint density at radius 2 is 2.12 bits per heavy atom. The lowest BCUT2D eigenvalue weighted by Gasteiger charge is -1.99. The second kappa shape index (κ2) is 5.97. The van der Waals surface area contributed by atoms with Crippen molar-refractivity contribution in [1.82, 2.24) is 0 Å². The van der Waals surface area contributed by atoms with Gasteiger partial charge in [-0.25, -0.2) is 0 Å². The molecule has 1 aromatic carbocycles. The highest BCUT2D eigenvalue weighted by atomic mass is 16.5. The van der Waals surface area contributed by atoms with Crippen LogP contribution in [0.4, 0.5) is 0 Å². The SMILES string of the molecule is CCC(=O)OCC#Cc1ccc(C)cc1C. The minimum absolute atomic E-state index is 0.167. The van der Waals surface area contributed by atoms with Gasteiger partial charge in [-0.2, -0.15) is 0 Å². The minimum atomic E-state index is -0.213. The van der Waals surface area contributed by atoms with Crippen LogP contribution in [0.2, 0.25) is 0 Å². The second-order valence-corrected chi connectivity index (χ2v) is 3.63. The summed E-state index contributed by atoms with van der Waals surface area (Å²) >= 11 is 0. The minimum Gasteiger partial charge on any atom is -0.452 e. The number of ether oxygens (including phenoxy) is 1. The van der Waals surface area contributed by atoms with Gasteiger partial charge >= 0.3 is 5.97 Å². The van der Waals surface area contributed by atoms with E-state index < -0.39 is 0 Å². The van der Waals surface area contributed by atoms with Crippen LogP contribution in [0.5, 0.6) is 0 Å². The van der Waals surface area contributed by atoms with E-state index in [9.17, 15) is 4.79 Å². The second-order valence-electron chi connectivity index (χ2n) is 3.63. The van der Waals surface area contributed by atoms with Gasteiger partial charge in [-0.05, 0) is 25.5 Å². The Bertz CT molecular complexity index is 436. The number of rotatable bonds is 2. The predicted molar refractivity (Wildman–Crippen MR) is 64.0 cm³/mol. The highest BCUT2D eigenvalue weighted by molar-refractivity contribution is 5.69. The Kier molecular flexibility index (Phi) is 4.60. The number of hydrogen-bond donors (Lipinski definition) is 0. The molecular weight excluding hydrogens is 200 g/mol. The fourth-order valence-electron chi connectivity index (χ4n) is 1.30. The Morgan fingerprint density at radius 1 is 1.38 bits per heavy atom. The lowest BCUT2D eigenvalue weighted by Crippen LogP contribution is -2.01. The molecule has 2 heteroatoms. The molecule has 0 heterocycles. The van der Waals surface area contributed by atoms with Gasteiger partial charge in [-0.15, -0.1) is 0 Å². The van der Waals surface area contributed by atoms with Gasteiger partial charge in [-0.1, -0.05) is 36.5 Å². The maximum atomic E-state index is 10.8. The summed E-state index contributed by atoms with van der Waals surface area (Å²) in [5, 5.41) is 0. The summed E-state index contributed by atoms with van der Waals surface area (Å²) in [7, 11) is 0. The van der Waals surface area contributed by atoms with Crippen molar-refractivity contribution in [1.29, 1.82) is 0 Å². The van der Waals surface area contributed by atoms with Crippen LogP contribution in [0.1, 0.15) is 30.0 Å². The highest BCUT2D eigenvalue weighted by Crippen LogP contribution is 2.08. The molecule has 0 aliphatic carbocycles. The van der Waals surface area contributed by atoms with Gasteiger partial charge in [0.25, 0.3) is 0 Å². The molecule has 0 aromatic heterocycles. The predicted octanol–water partition coefficient (Wildman–Crippen LogP) is 2.61. The van der Waals surface area contributed by atoms with Crippen molar-refractivity contribution >= 4 is 5.97 Å². The number of aryl methyl sites for hydroxylation is 2. The van der Waals surface area contributed by atoms with Crippen molar-refractivity contribution in [2.75, 3.05) is 6.61 Å². The summed E-state index contributed by atoms with van der Waals surface area (Å²) < 4.78 is 4.86. The molecule has 0 saturated heterocycles. The molecule has 0 aliphatic heterocycles. The molecule has 0 aliphatic rings. The third-order valence-electron chi connectivity index (χ3n) is 2.20. The summed E-state index contributed by atoms with van der Waals surface area (Å²) in [5.74, 6) is 5.61. The number of carbonyl (C=O) groups is 1. The van der Waals surface area contributed by atoms with E-state index in [1.807, 2.05) is 26.0 Å². The standard InChI is InChI=1S/C14H16O2/c1-4-14(15)16-9-5-6-13-8-7-11(2)10-12(13)3/h7-8,10H,4,9H2,1-3H3. The fraction of sp³-hybridized carbons (Fsp3) is 0.357. The van der Waals surface area contributed by atoms with Crippen molar-refractivity contribution in [2.45, 2.75) is 27.2 Å². The normalized spacial score (nSPS) is 9.19. The van der Waals surface area contributed by atoms with E-state index in [1.165, 1.54) is 5.56 Å². The van der Waals surface area contributed by atoms with E-state index in [1.54, 1.807) is 6.92 Å². The van der Waals surface area contributed by atoms with E-state index in [0.29, 0.717) is 6.42 Å². The van der Waals surface area contributed by atoms with Crippen LogP contribution in [0.15, 0.2) is 18.2 Å². The number of benzene rings is 1. The molecule has 0 amide bonds. The zero-order valence-corrected chi connectivity index (χ0v) is 9.96. The van der Waals surface area contributed by atoms with Crippen molar-refractivity contribution < 1.29 is 9.53 Å². The molecule has 16 heavy (non-hydrogen) atoms. The average molecular weight is 216 g/mol. The third kappa shape index (κ3) is 3.78. The molecule has 0 radical (unpaired) electrons. The lowest BCUT2D eigenvalue weighted by molar-refractivity contribution is -0.141. The summed E-state index contributed by atoms with van der Waals surface area (Å²) in [6, 6.07) is 6.09. The molecule has 1 rings (SSSR count). The smallest absolute Gasteiger partial charge is 0.306 e. The van der Waals surface area contributed by atoms with Crippen LogP contribution in [0.25, 0.3) is 0 Å². The van der Waals surface area contributed by atoms with Gasteiger partial charge in [0.05, 0.1) is 0 Å². The number of hydrogen-bond acceptors (Lipinski definition) is 2. The molecule has 0 saturated carbocycles. The first-order chi connectivity index (χ1) is 7.63. The van der Waals surface area contributed by atoms with Crippen molar-refractivity contribution in [2.24, 2.45) is 0 Å². The van der Waals surface area contributed by atoms with Gasteiger partial charge in [-0.3, -0.25) is 4.79 Å². The maximum Gasteiger partial charge on any atom is 0.306 e. The molecule has 84 valence electrons. The first-order valence-corrected chi connectivity index (χ1v) is 5.35. The molecule has 0 bridgehead atoms. The molecule has 0 unspecified atom stereocenters. The number of carbonyl (C=O) groups excluding carboxylic acids is 1. The Balaban J connectivity index is 2.60. The maximum absolute atomic E-state index is 10.8. The fourth-order valence-corrected chi connectivity index (χ4v) is 1.30. The highest BCUT2D eigenvalue weighted by Gasteiger charge is 1.95. The molecule has 2 nitrogen and oxygen atoms in total.